The van der Waals surface area contributed by atoms with Gasteiger partial charge >= 0.3 is 0 Å². The smallest absolute Gasteiger partial charge is 0.242 e. The van der Waals surface area contributed by atoms with Crippen LogP contribution >= 0.6 is 11.6 Å². The third kappa shape index (κ3) is 3.08. The summed E-state index contributed by atoms with van der Waals surface area (Å²) in [5.41, 5.74) is 1.85. The molecule has 1 atom stereocenters. The van der Waals surface area contributed by atoms with Crippen LogP contribution in [0.15, 0.2) is 18.6 Å². The van der Waals surface area contributed by atoms with Gasteiger partial charge in [-0.05, 0) is 19.8 Å². The van der Waals surface area contributed by atoms with Gasteiger partial charge in [0, 0.05) is 38.6 Å². The first-order valence-electron chi connectivity index (χ1n) is 7.94. The summed E-state index contributed by atoms with van der Waals surface area (Å²) >= 11 is 6.40. The predicted molar refractivity (Wildman–Crippen MR) is 91.9 cm³/mol. The van der Waals surface area contributed by atoms with E-state index in [1.165, 1.54) is 0 Å². The van der Waals surface area contributed by atoms with Crippen LogP contribution in [0.25, 0.3) is 0 Å². The van der Waals surface area contributed by atoms with E-state index in [0.29, 0.717) is 11.0 Å². The summed E-state index contributed by atoms with van der Waals surface area (Å²) in [5, 5.41) is 4.99. The number of likely N-dealkylation sites (N-methyl/N-ethyl adjacent to an activating group) is 1. The lowest BCUT2D eigenvalue weighted by molar-refractivity contribution is -0.130. The number of anilines is 1. The third-order valence-electron chi connectivity index (χ3n) is 4.42. The van der Waals surface area contributed by atoms with Gasteiger partial charge in [-0.15, -0.1) is 0 Å². The highest BCUT2D eigenvalue weighted by atomic mass is 35.5. The van der Waals surface area contributed by atoms with Gasteiger partial charge in [0.1, 0.15) is 11.0 Å². The lowest BCUT2D eigenvalue weighted by atomic mass is 10.1. The minimum absolute atomic E-state index is 0.00559. The van der Waals surface area contributed by atoms with Gasteiger partial charge in [-0.1, -0.05) is 11.6 Å². The normalized spacial score (nSPS) is 17.3. The number of amides is 1. The van der Waals surface area contributed by atoms with Crippen molar-refractivity contribution in [2.45, 2.75) is 25.8 Å². The zero-order valence-electron chi connectivity index (χ0n) is 14.1. The number of halogens is 1. The summed E-state index contributed by atoms with van der Waals surface area (Å²) in [6.07, 6.45) is 6.76. The van der Waals surface area contributed by atoms with E-state index in [0.717, 1.165) is 30.6 Å². The van der Waals surface area contributed by atoms with E-state index in [4.69, 9.17) is 11.6 Å². The molecule has 24 heavy (non-hydrogen) atoms. The highest BCUT2D eigenvalue weighted by Crippen LogP contribution is 2.37. The van der Waals surface area contributed by atoms with Crippen molar-refractivity contribution in [3.05, 3.63) is 35.0 Å². The Bertz CT molecular complexity index is 732. The maximum Gasteiger partial charge on any atom is 0.242 e. The molecule has 1 aliphatic heterocycles. The van der Waals surface area contributed by atoms with Crippen LogP contribution in [0, 0.1) is 6.92 Å². The molecule has 0 aromatic carbocycles. The molecule has 3 rings (SSSR count). The molecule has 0 saturated carbocycles. The molecule has 0 bridgehead atoms. The number of nitrogens with zero attached hydrogens (tertiary/aromatic N) is 6. The second kappa shape index (κ2) is 6.76. The molecule has 1 amide bonds. The highest BCUT2D eigenvalue weighted by Gasteiger charge is 2.34. The van der Waals surface area contributed by atoms with Gasteiger partial charge in [-0.2, -0.15) is 5.10 Å². The number of likely N-dealkylation sites (tertiary alicyclic amines) is 1. The Balaban J connectivity index is 1.77. The van der Waals surface area contributed by atoms with Gasteiger partial charge in [-0.3, -0.25) is 14.5 Å². The van der Waals surface area contributed by atoms with Crippen LogP contribution in [0.5, 0.6) is 0 Å². The monoisotopic (exact) mass is 348 g/mol. The largest absolute Gasteiger partial charge is 0.349 e. The Morgan fingerprint density at radius 1 is 1.46 bits per heavy atom. The van der Waals surface area contributed by atoms with Crippen LogP contribution in [-0.2, 0) is 11.8 Å². The minimum atomic E-state index is -0.00559. The lowest BCUT2D eigenvalue weighted by Gasteiger charge is -2.27. The average molecular weight is 349 g/mol. The summed E-state index contributed by atoms with van der Waals surface area (Å²) in [4.78, 5) is 24.8. The Hall–Kier alpha value is -2.15. The minimum Gasteiger partial charge on any atom is -0.349 e. The molecule has 2 aromatic heterocycles. The van der Waals surface area contributed by atoms with Crippen LogP contribution in [0.3, 0.4) is 0 Å². The zero-order chi connectivity index (χ0) is 17.3. The SMILES string of the molecule is Cc1nn(C)c(Cl)c1[C@H]1CCCN1C(=O)CN(C)c1cnccn1. The van der Waals surface area contributed by atoms with E-state index in [-0.39, 0.29) is 18.5 Å². The lowest BCUT2D eigenvalue weighted by Crippen LogP contribution is -2.39. The molecule has 128 valence electrons. The van der Waals surface area contributed by atoms with E-state index in [9.17, 15) is 4.79 Å². The highest BCUT2D eigenvalue weighted by molar-refractivity contribution is 6.30. The Kier molecular flexibility index (Phi) is 4.71. The standard InChI is InChI=1S/C16H21ClN6O/c1-11-15(16(17)22(3)20-11)12-5-4-8-23(12)14(24)10-21(2)13-9-18-6-7-19-13/h6-7,9,12H,4-5,8,10H2,1-3H3/t12-/m1/s1. The van der Waals surface area contributed by atoms with Gasteiger partial charge in [0.2, 0.25) is 5.91 Å². The number of rotatable bonds is 4. The number of hydrogen-bond acceptors (Lipinski definition) is 5. The van der Waals surface area contributed by atoms with Crippen molar-refractivity contribution in [2.24, 2.45) is 7.05 Å². The second-order valence-corrected chi connectivity index (χ2v) is 6.44. The Morgan fingerprint density at radius 3 is 2.88 bits per heavy atom. The zero-order valence-corrected chi connectivity index (χ0v) is 14.9. The molecule has 1 saturated heterocycles. The molecule has 0 radical (unpaired) electrons. The maximum atomic E-state index is 12.8. The number of carbonyl (C=O) groups excluding carboxylic acids is 1. The van der Waals surface area contributed by atoms with E-state index < -0.39 is 0 Å². The topological polar surface area (TPSA) is 67.2 Å². The Morgan fingerprint density at radius 2 is 2.25 bits per heavy atom. The molecule has 0 unspecified atom stereocenters. The Labute approximate surface area is 146 Å². The van der Waals surface area contributed by atoms with Gasteiger partial charge in [-0.25, -0.2) is 4.98 Å². The number of aromatic nitrogens is 4. The van der Waals surface area contributed by atoms with Crippen molar-refractivity contribution in [2.75, 3.05) is 25.0 Å². The van der Waals surface area contributed by atoms with Crippen LogP contribution < -0.4 is 4.90 Å². The van der Waals surface area contributed by atoms with E-state index in [1.54, 1.807) is 23.3 Å². The van der Waals surface area contributed by atoms with Crippen LogP contribution in [0.1, 0.15) is 30.1 Å². The van der Waals surface area contributed by atoms with Crippen molar-refractivity contribution < 1.29 is 4.79 Å². The predicted octanol–water partition coefficient (Wildman–Crippen LogP) is 1.97. The summed E-state index contributed by atoms with van der Waals surface area (Å²) < 4.78 is 1.67. The van der Waals surface area contributed by atoms with Gasteiger partial charge in [0.15, 0.2) is 0 Å². The summed E-state index contributed by atoms with van der Waals surface area (Å²) in [5.74, 6) is 0.738. The van der Waals surface area contributed by atoms with Crippen molar-refractivity contribution in [3.63, 3.8) is 0 Å². The molecule has 0 spiro atoms. The number of aryl methyl sites for hydroxylation is 2. The van der Waals surface area contributed by atoms with E-state index >= 15 is 0 Å². The molecule has 0 N–H and O–H groups in total. The molecule has 8 heteroatoms. The molecule has 1 fully saturated rings. The second-order valence-electron chi connectivity index (χ2n) is 6.08. The summed E-state index contributed by atoms with van der Waals surface area (Å²) in [7, 11) is 3.66. The van der Waals surface area contributed by atoms with Crippen molar-refractivity contribution in [1.29, 1.82) is 0 Å². The van der Waals surface area contributed by atoms with Crippen LogP contribution in [-0.4, -0.2) is 50.7 Å². The summed E-state index contributed by atoms with van der Waals surface area (Å²) in [6.45, 7) is 2.93. The molecular weight excluding hydrogens is 328 g/mol. The van der Waals surface area contributed by atoms with Crippen molar-refractivity contribution >= 4 is 23.3 Å². The van der Waals surface area contributed by atoms with Gasteiger partial charge in [0.05, 0.1) is 24.5 Å². The molecular formula is C16H21ClN6O. The first kappa shape index (κ1) is 16.7. The maximum absolute atomic E-state index is 12.8. The molecule has 3 heterocycles. The van der Waals surface area contributed by atoms with Crippen molar-refractivity contribution in [3.8, 4) is 0 Å². The van der Waals surface area contributed by atoms with Gasteiger partial charge < -0.3 is 9.80 Å². The third-order valence-corrected chi connectivity index (χ3v) is 4.86. The average Bonchev–Trinajstić information content (AvgIpc) is 3.13. The molecule has 7 nitrogen and oxygen atoms in total. The van der Waals surface area contributed by atoms with E-state index in [2.05, 4.69) is 15.1 Å². The van der Waals surface area contributed by atoms with Crippen molar-refractivity contribution in [1.82, 2.24) is 24.6 Å². The number of hydrogen-bond donors (Lipinski definition) is 0. The fraction of sp³-hybridized carbons (Fsp3) is 0.500. The fourth-order valence-electron chi connectivity index (χ4n) is 3.25. The first-order valence-corrected chi connectivity index (χ1v) is 8.32. The quantitative estimate of drug-likeness (QED) is 0.845. The fourth-order valence-corrected chi connectivity index (χ4v) is 3.55. The van der Waals surface area contributed by atoms with Gasteiger partial charge in [0.25, 0.3) is 0 Å². The molecule has 2 aromatic rings. The van der Waals surface area contributed by atoms with Crippen LogP contribution in [0.2, 0.25) is 5.15 Å². The number of carbonyl (C=O) groups is 1. The summed E-state index contributed by atoms with van der Waals surface area (Å²) in [6, 6.07) is -0.00559. The molecule has 1 aliphatic rings. The van der Waals surface area contributed by atoms with Crippen LogP contribution in [0.4, 0.5) is 5.82 Å². The van der Waals surface area contributed by atoms with E-state index in [1.807, 2.05) is 30.8 Å². The molecule has 0 aliphatic carbocycles. The first-order chi connectivity index (χ1) is 11.5.